The lowest BCUT2D eigenvalue weighted by Gasteiger charge is -2.34. The normalized spacial score (nSPS) is 15.4. The Morgan fingerprint density at radius 2 is 1.88 bits per heavy atom. The maximum atomic E-state index is 13.7. The molecule has 1 saturated heterocycles. The van der Waals surface area contributed by atoms with Crippen molar-refractivity contribution in [3.8, 4) is 0 Å². The summed E-state index contributed by atoms with van der Waals surface area (Å²) in [7, 11) is 0. The number of amides is 2. The first-order valence-electron chi connectivity index (χ1n) is 10.9. The van der Waals surface area contributed by atoms with E-state index in [1.54, 1.807) is 36.1 Å². The van der Waals surface area contributed by atoms with Crippen LogP contribution >= 0.6 is 0 Å². The first-order valence-corrected chi connectivity index (χ1v) is 10.9. The van der Waals surface area contributed by atoms with Gasteiger partial charge in [0.25, 0.3) is 5.91 Å². The van der Waals surface area contributed by atoms with Crippen molar-refractivity contribution in [1.29, 1.82) is 0 Å². The van der Waals surface area contributed by atoms with Gasteiger partial charge >= 0.3 is 0 Å². The van der Waals surface area contributed by atoms with Crippen molar-refractivity contribution in [2.45, 2.75) is 32.4 Å². The number of nitrogens with zero attached hydrogens (tertiary/aromatic N) is 3. The van der Waals surface area contributed by atoms with Crippen LogP contribution in [-0.2, 0) is 16.1 Å². The fourth-order valence-corrected chi connectivity index (χ4v) is 4.09. The van der Waals surface area contributed by atoms with Crippen LogP contribution in [0.4, 0.5) is 4.39 Å². The van der Waals surface area contributed by atoms with Gasteiger partial charge in [-0.15, -0.1) is 0 Å². The van der Waals surface area contributed by atoms with E-state index in [4.69, 9.17) is 0 Å². The maximum Gasteiger partial charge on any atom is 0.252 e. The molecule has 3 aromatic rings. The number of likely N-dealkylation sites (tertiary alicyclic amines) is 1. The molecule has 1 fully saturated rings. The van der Waals surface area contributed by atoms with Crippen molar-refractivity contribution in [3.63, 3.8) is 0 Å². The van der Waals surface area contributed by atoms with Gasteiger partial charge in [-0.25, -0.2) is 4.39 Å². The van der Waals surface area contributed by atoms with Crippen LogP contribution in [0.5, 0.6) is 0 Å². The predicted molar refractivity (Wildman–Crippen MR) is 119 cm³/mol. The molecule has 0 saturated carbocycles. The standard InChI is InChI=1S/C25H27FN4O2/c1-18-8-9-19(16-22(18)26)17-27-24(31)21-10-14-29(15-11-21)25(32)23(30-13-5-12-28-30)20-6-3-2-4-7-20/h2-9,12-13,16,21,23H,10-11,14-15,17H2,1H3,(H,27,31). The molecule has 1 aromatic heterocycles. The number of piperidine rings is 1. The highest BCUT2D eigenvalue weighted by atomic mass is 19.1. The molecule has 0 bridgehead atoms. The number of rotatable bonds is 6. The number of benzene rings is 2. The smallest absolute Gasteiger partial charge is 0.252 e. The third-order valence-electron chi connectivity index (χ3n) is 6.02. The molecule has 166 valence electrons. The Kier molecular flexibility index (Phi) is 6.63. The highest BCUT2D eigenvalue weighted by molar-refractivity contribution is 5.84. The predicted octanol–water partition coefficient (Wildman–Crippen LogP) is 3.48. The van der Waals surface area contributed by atoms with E-state index in [2.05, 4.69) is 10.4 Å². The largest absolute Gasteiger partial charge is 0.352 e. The molecule has 1 atom stereocenters. The van der Waals surface area contributed by atoms with Crippen LogP contribution in [0.3, 0.4) is 0 Å². The van der Waals surface area contributed by atoms with Crippen molar-refractivity contribution in [3.05, 3.63) is 89.5 Å². The summed E-state index contributed by atoms with van der Waals surface area (Å²) in [6.45, 7) is 3.04. The molecule has 1 unspecified atom stereocenters. The summed E-state index contributed by atoms with van der Waals surface area (Å²) in [5.41, 5.74) is 2.20. The van der Waals surface area contributed by atoms with E-state index >= 15 is 0 Å². The molecule has 2 aromatic carbocycles. The van der Waals surface area contributed by atoms with E-state index in [1.807, 2.05) is 41.3 Å². The summed E-state index contributed by atoms with van der Waals surface area (Å²) in [6, 6.07) is 15.9. The molecule has 32 heavy (non-hydrogen) atoms. The third kappa shape index (κ3) is 4.88. The molecule has 4 rings (SSSR count). The summed E-state index contributed by atoms with van der Waals surface area (Å²) >= 11 is 0. The Morgan fingerprint density at radius 1 is 1.12 bits per heavy atom. The summed E-state index contributed by atoms with van der Waals surface area (Å²) in [4.78, 5) is 27.8. The second-order valence-corrected chi connectivity index (χ2v) is 8.20. The van der Waals surface area contributed by atoms with Gasteiger partial charge in [0.2, 0.25) is 5.91 Å². The molecule has 0 spiro atoms. The van der Waals surface area contributed by atoms with Gasteiger partial charge in [-0.1, -0.05) is 42.5 Å². The van der Waals surface area contributed by atoms with Gasteiger partial charge in [-0.3, -0.25) is 14.3 Å². The lowest BCUT2D eigenvalue weighted by Crippen LogP contribution is -2.45. The van der Waals surface area contributed by atoms with E-state index in [-0.39, 0.29) is 23.5 Å². The van der Waals surface area contributed by atoms with Crippen LogP contribution in [0.25, 0.3) is 0 Å². The quantitative estimate of drug-likeness (QED) is 0.646. The maximum absolute atomic E-state index is 13.7. The van der Waals surface area contributed by atoms with Gasteiger partial charge in [0.1, 0.15) is 5.82 Å². The number of nitrogens with one attached hydrogen (secondary N) is 1. The summed E-state index contributed by atoms with van der Waals surface area (Å²) in [5.74, 6) is -0.499. The molecule has 2 heterocycles. The molecule has 1 aliphatic heterocycles. The van der Waals surface area contributed by atoms with Crippen LogP contribution in [0, 0.1) is 18.7 Å². The van der Waals surface area contributed by atoms with Crippen molar-refractivity contribution >= 4 is 11.8 Å². The number of hydrogen-bond donors (Lipinski definition) is 1. The summed E-state index contributed by atoms with van der Waals surface area (Å²) < 4.78 is 15.4. The second kappa shape index (κ2) is 9.77. The van der Waals surface area contributed by atoms with Crippen molar-refractivity contribution in [2.75, 3.05) is 13.1 Å². The molecule has 6 nitrogen and oxygen atoms in total. The number of aromatic nitrogens is 2. The van der Waals surface area contributed by atoms with Crippen LogP contribution in [0.2, 0.25) is 0 Å². The van der Waals surface area contributed by atoms with Crippen LogP contribution in [0.1, 0.15) is 35.6 Å². The first-order chi connectivity index (χ1) is 15.5. The van der Waals surface area contributed by atoms with Crippen molar-refractivity contribution < 1.29 is 14.0 Å². The molecular formula is C25H27FN4O2. The van der Waals surface area contributed by atoms with Gasteiger partial charge in [-0.05, 0) is 48.6 Å². The van der Waals surface area contributed by atoms with Crippen LogP contribution in [-0.4, -0.2) is 39.6 Å². The minimum atomic E-state index is -0.520. The van der Waals surface area contributed by atoms with Gasteiger partial charge in [0.15, 0.2) is 6.04 Å². The zero-order chi connectivity index (χ0) is 22.5. The van der Waals surface area contributed by atoms with E-state index in [0.29, 0.717) is 38.0 Å². The molecule has 7 heteroatoms. The van der Waals surface area contributed by atoms with E-state index in [0.717, 1.165) is 11.1 Å². The Morgan fingerprint density at radius 3 is 2.53 bits per heavy atom. The molecule has 1 N–H and O–H groups in total. The third-order valence-corrected chi connectivity index (χ3v) is 6.02. The van der Waals surface area contributed by atoms with Gasteiger partial charge in [0, 0.05) is 37.9 Å². The highest BCUT2D eigenvalue weighted by Gasteiger charge is 2.32. The lowest BCUT2D eigenvalue weighted by molar-refractivity contribution is -0.137. The number of halogens is 1. The SMILES string of the molecule is Cc1ccc(CNC(=O)C2CCN(C(=O)C(c3ccccc3)n3cccn3)CC2)cc1F. The molecule has 0 aliphatic carbocycles. The summed E-state index contributed by atoms with van der Waals surface area (Å²) in [6.07, 6.45) is 4.66. The summed E-state index contributed by atoms with van der Waals surface area (Å²) in [5, 5.41) is 7.20. The Hall–Kier alpha value is -3.48. The minimum Gasteiger partial charge on any atom is -0.352 e. The average Bonchev–Trinajstić information content (AvgIpc) is 3.35. The topological polar surface area (TPSA) is 67.2 Å². The highest BCUT2D eigenvalue weighted by Crippen LogP contribution is 2.24. The molecular weight excluding hydrogens is 407 g/mol. The Labute approximate surface area is 187 Å². The van der Waals surface area contributed by atoms with Crippen molar-refractivity contribution in [1.82, 2.24) is 20.0 Å². The van der Waals surface area contributed by atoms with Crippen LogP contribution in [0.15, 0.2) is 67.0 Å². The Bertz CT molecular complexity index is 1060. The average molecular weight is 435 g/mol. The van der Waals surface area contributed by atoms with Gasteiger partial charge in [0.05, 0.1) is 0 Å². The number of hydrogen-bond acceptors (Lipinski definition) is 3. The molecule has 2 amide bonds. The minimum absolute atomic E-state index is 0.0195. The number of aryl methyl sites for hydroxylation is 1. The van der Waals surface area contributed by atoms with Gasteiger partial charge in [-0.2, -0.15) is 5.10 Å². The Balaban J connectivity index is 1.35. The molecule has 1 aliphatic rings. The zero-order valence-electron chi connectivity index (χ0n) is 18.1. The first kappa shape index (κ1) is 21.7. The number of carbonyl (C=O) groups excluding carboxylic acids is 2. The monoisotopic (exact) mass is 434 g/mol. The van der Waals surface area contributed by atoms with Gasteiger partial charge < -0.3 is 10.2 Å². The van der Waals surface area contributed by atoms with E-state index in [9.17, 15) is 14.0 Å². The zero-order valence-corrected chi connectivity index (χ0v) is 18.1. The fourth-order valence-electron chi connectivity index (χ4n) is 4.09. The van der Waals surface area contributed by atoms with Crippen molar-refractivity contribution in [2.24, 2.45) is 5.92 Å². The second-order valence-electron chi connectivity index (χ2n) is 8.20. The fraction of sp³-hybridized carbons (Fsp3) is 0.320. The lowest BCUT2D eigenvalue weighted by atomic mass is 9.94. The van der Waals surface area contributed by atoms with E-state index < -0.39 is 6.04 Å². The van der Waals surface area contributed by atoms with E-state index in [1.165, 1.54) is 6.07 Å². The molecule has 0 radical (unpaired) electrons. The number of carbonyl (C=O) groups is 2. The van der Waals surface area contributed by atoms with Crippen LogP contribution < -0.4 is 5.32 Å².